The minimum atomic E-state index is 0.342. The van der Waals surface area contributed by atoms with E-state index in [-0.39, 0.29) is 0 Å². The Labute approximate surface area is 89.4 Å². The monoisotopic (exact) mass is 229 g/mol. The summed E-state index contributed by atoms with van der Waals surface area (Å²) >= 11 is 11.7. The van der Waals surface area contributed by atoms with Gasteiger partial charge in [-0.25, -0.2) is 0 Å². The maximum atomic E-state index is 5.91. The first kappa shape index (κ1) is 9.23. The number of anilines is 2. The molecule has 72 valence electrons. The van der Waals surface area contributed by atoms with Crippen LogP contribution in [0.1, 0.15) is 0 Å². The molecule has 2 rings (SSSR count). The number of aromatic nitrogens is 4. The summed E-state index contributed by atoms with van der Waals surface area (Å²) in [5.74, 6) is 0.342. The molecule has 0 unspecified atom stereocenters. The van der Waals surface area contributed by atoms with Gasteiger partial charge in [0.25, 0.3) is 5.95 Å². The van der Waals surface area contributed by atoms with Gasteiger partial charge in [0.2, 0.25) is 0 Å². The van der Waals surface area contributed by atoms with Crippen LogP contribution in [0.15, 0.2) is 18.2 Å². The highest BCUT2D eigenvalue weighted by molar-refractivity contribution is 6.35. The minimum absolute atomic E-state index is 0.342. The molecule has 0 saturated heterocycles. The van der Waals surface area contributed by atoms with Crippen molar-refractivity contribution in [3.05, 3.63) is 28.2 Å². The zero-order chi connectivity index (χ0) is 9.97. The Morgan fingerprint density at radius 1 is 1.29 bits per heavy atom. The maximum absolute atomic E-state index is 5.91. The van der Waals surface area contributed by atoms with E-state index in [0.29, 0.717) is 21.7 Å². The summed E-state index contributed by atoms with van der Waals surface area (Å²) < 4.78 is 0. The lowest BCUT2D eigenvalue weighted by Crippen LogP contribution is -1.93. The lowest BCUT2D eigenvalue weighted by Gasteiger charge is -2.03. The molecule has 0 aliphatic carbocycles. The predicted molar refractivity (Wildman–Crippen MR) is 53.9 cm³/mol. The molecule has 14 heavy (non-hydrogen) atoms. The number of nitrogens with one attached hydrogen (secondary N) is 2. The van der Waals surface area contributed by atoms with Gasteiger partial charge in [-0.15, -0.1) is 5.10 Å². The number of hydrogen-bond donors (Lipinski definition) is 2. The van der Waals surface area contributed by atoms with Crippen LogP contribution in [0.5, 0.6) is 0 Å². The van der Waals surface area contributed by atoms with Crippen molar-refractivity contribution < 1.29 is 0 Å². The number of rotatable bonds is 2. The molecule has 2 N–H and O–H groups in total. The van der Waals surface area contributed by atoms with Crippen molar-refractivity contribution in [1.29, 1.82) is 0 Å². The second kappa shape index (κ2) is 3.81. The normalized spacial score (nSPS) is 10.1. The van der Waals surface area contributed by atoms with Crippen LogP contribution in [-0.4, -0.2) is 20.6 Å². The van der Waals surface area contributed by atoms with Crippen LogP contribution in [0, 0.1) is 0 Å². The van der Waals surface area contributed by atoms with Crippen LogP contribution < -0.4 is 5.32 Å². The fourth-order valence-corrected chi connectivity index (χ4v) is 1.27. The van der Waals surface area contributed by atoms with Gasteiger partial charge >= 0.3 is 0 Å². The van der Waals surface area contributed by atoms with Crippen LogP contribution in [0.4, 0.5) is 11.6 Å². The van der Waals surface area contributed by atoms with Gasteiger partial charge in [0.1, 0.15) is 0 Å². The SMILES string of the molecule is Clc1ccc(Cl)c(Nc2nn[nH]n2)c1. The average molecular weight is 230 g/mol. The van der Waals surface area contributed by atoms with Gasteiger partial charge in [0.05, 0.1) is 10.7 Å². The molecule has 1 aromatic carbocycles. The average Bonchev–Trinajstić information content (AvgIpc) is 2.64. The number of tetrazole rings is 1. The van der Waals surface area contributed by atoms with Crippen molar-refractivity contribution in [1.82, 2.24) is 20.6 Å². The Kier molecular flexibility index (Phi) is 2.51. The number of nitrogens with zero attached hydrogens (tertiary/aromatic N) is 3. The Balaban J connectivity index is 2.28. The molecule has 0 saturated carbocycles. The number of halogens is 2. The van der Waals surface area contributed by atoms with E-state index in [1.807, 2.05) is 0 Å². The molecule has 1 heterocycles. The number of benzene rings is 1. The van der Waals surface area contributed by atoms with Crippen LogP contribution in [0.25, 0.3) is 0 Å². The molecule has 0 bridgehead atoms. The van der Waals surface area contributed by atoms with Crippen molar-refractivity contribution >= 4 is 34.8 Å². The van der Waals surface area contributed by atoms with E-state index in [4.69, 9.17) is 23.2 Å². The third kappa shape index (κ3) is 1.94. The molecular weight excluding hydrogens is 225 g/mol. The molecular formula is C7H5Cl2N5. The fraction of sp³-hybridized carbons (Fsp3) is 0. The van der Waals surface area contributed by atoms with Crippen molar-refractivity contribution in [2.75, 3.05) is 5.32 Å². The topological polar surface area (TPSA) is 66.5 Å². The van der Waals surface area contributed by atoms with Crippen molar-refractivity contribution in [2.45, 2.75) is 0 Å². The van der Waals surface area contributed by atoms with Crippen LogP contribution in [-0.2, 0) is 0 Å². The first-order chi connectivity index (χ1) is 6.75. The van der Waals surface area contributed by atoms with E-state index >= 15 is 0 Å². The summed E-state index contributed by atoms with van der Waals surface area (Å²) in [5.41, 5.74) is 0.639. The number of aromatic amines is 1. The van der Waals surface area contributed by atoms with Gasteiger partial charge in [-0.05, 0) is 23.4 Å². The lowest BCUT2D eigenvalue weighted by atomic mass is 10.3. The second-order valence-corrected chi connectivity index (χ2v) is 3.33. The summed E-state index contributed by atoms with van der Waals surface area (Å²) in [4.78, 5) is 0. The van der Waals surface area contributed by atoms with E-state index in [9.17, 15) is 0 Å². The summed E-state index contributed by atoms with van der Waals surface area (Å²) in [6.07, 6.45) is 0. The Hall–Kier alpha value is -1.33. The molecule has 2 aromatic rings. The Morgan fingerprint density at radius 3 is 2.86 bits per heavy atom. The summed E-state index contributed by atoms with van der Waals surface area (Å²) in [7, 11) is 0. The lowest BCUT2D eigenvalue weighted by molar-refractivity contribution is 0.881. The second-order valence-electron chi connectivity index (χ2n) is 2.48. The van der Waals surface area contributed by atoms with Crippen LogP contribution in [0.3, 0.4) is 0 Å². The quantitative estimate of drug-likeness (QED) is 0.830. The first-order valence-corrected chi connectivity index (χ1v) is 4.47. The predicted octanol–water partition coefficient (Wildman–Crippen LogP) is 2.25. The summed E-state index contributed by atoms with van der Waals surface area (Å²) in [6, 6.07) is 5.07. The van der Waals surface area contributed by atoms with E-state index in [2.05, 4.69) is 25.9 Å². The van der Waals surface area contributed by atoms with E-state index in [1.54, 1.807) is 18.2 Å². The Bertz CT molecular complexity index is 428. The molecule has 5 nitrogen and oxygen atoms in total. The minimum Gasteiger partial charge on any atom is -0.320 e. The summed E-state index contributed by atoms with van der Waals surface area (Å²) in [6.45, 7) is 0. The standard InChI is InChI=1S/C7H5Cl2N5/c8-4-1-2-5(9)6(3-4)10-7-11-13-14-12-7/h1-3H,(H2,10,11,12,13,14). The van der Waals surface area contributed by atoms with Gasteiger partial charge in [0.15, 0.2) is 0 Å². The van der Waals surface area contributed by atoms with Gasteiger partial charge in [0, 0.05) is 5.02 Å². The van der Waals surface area contributed by atoms with Crippen molar-refractivity contribution in [3.8, 4) is 0 Å². The number of hydrogen-bond acceptors (Lipinski definition) is 4. The molecule has 0 radical (unpaired) electrons. The van der Waals surface area contributed by atoms with Crippen LogP contribution >= 0.6 is 23.2 Å². The summed E-state index contributed by atoms with van der Waals surface area (Å²) in [5, 5.41) is 17.1. The highest BCUT2D eigenvalue weighted by atomic mass is 35.5. The Morgan fingerprint density at radius 2 is 2.14 bits per heavy atom. The van der Waals surface area contributed by atoms with Crippen LogP contribution in [0.2, 0.25) is 10.0 Å². The smallest absolute Gasteiger partial charge is 0.267 e. The highest BCUT2D eigenvalue weighted by Crippen LogP contribution is 2.26. The molecule has 0 atom stereocenters. The molecule has 0 amide bonds. The molecule has 1 aromatic heterocycles. The van der Waals surface area contributed by atoms with E-state index < -0.39 is 0 Å². The molecule has 0 fully saturated rings. The third-order valence-corrected chi connectivity index (χ3v) is 2.08. The number of H-pyrrole nitrogens is 1. The fourth-order valence-electron chi connectivity index (χ4n) is 0.928. The molecule has 0 aliphatic rings. The molecule has 0 spiro atoms. The van der Waals surface area contributed by atoms with Gasteiger partial charge in [-0.1, -0.05) is 28.3 Å². The van der Waals surface area contributed by atoms with Crippen molar-refractivity contribution in [3.63, 3.8) is 0 Å². The molecule has 7 heteroatoms. The van der Waals surface area contributed by atoms with Crippen molar-refractivity contribution in [2.24, 2.45) is 0 Å². The highest BCUT2D eigenvalue weighted by Gasteiger charge is 2.03. The van der Waals surface area contributed by atoms with Gasteiger partial charge < -0.3 is 5.32 Å². The zero-order valence-electron chi connectivity index (χ0n) is 6.83. The van der Waals surface area contributed by atoms with Gasteiger partial charge in [-0.2, -0.15) is 5.21 Å². The zero-order valence-corrected chi connectivity index (χ0v) is 8.34. The largest absolute Gasteiger partial charge is 0.320 e. The van der Waals surface area contributed by atoms with E-state index in [1.165, 1.54) is 0 Å². The molecule has 0 aliphatic heterocycles. The first-order valence-electron chi connectivity index (χ1n) is 3.71. The maximum Gasteiger partial charge on any atom is 0.267 e. The van der Waals surface area contributed by atoms with Gasteiger partial charge in [-0.3, -0.25) is 0 Å². The third-order valence-electron chi connectivity index (χ3n) is 1.52. The van der Waals surface area contributed by atoms with E-state index in [0.717, 1.165) is 0 Å².